The summed E-state index contributed by atoms with van der Waals surface area (Å²) in [6, 6.07) is 0. The van der Waals surface area contributed by atoms with E-state index < -0.39 is 0 Å². The number of hydrogen-bond acceptors (Lipinski definition) is 4. The van der Waals surface area contributed by atoms with Crippen LogP contribution in [0.1, 0.15) is 0 Å². The smallest absolute Gasteiger partial charge is 0.233 e. The number of nitrogens with zero attached hydrogens (tertiary/aromatic N) is 1. The molecule has 0 aliphatic heterocycles. The van der Waals surface area contributed by atoms with Crippen LogP contribution in [0.2, 0.25) is 0 Å². The minimum atomic E-state index is 0.0278. The fraction of sp³-hybridized carbons (Fsp3) is 0.833. The van der Waals surface area contributed by atoms with Gasteiger partial charge in [0.25, 0.3) is 0 Å². The maximum Gasteiger partial charge on any atom is 0.233 e. The van der Waals surface area contributed by atoms with Crippen LogP contribution in [0.4, 0.5) is 0 Å². The van der Waals surface area contributed by atoms with Crippen molar-refractivity contribution in [1.29, 1.82) is 0 Å². The molecule has 12 heavy (non-hydrogen) atoms. The quantitative estimate of drug-likeness (QED) is 0.329. The van der Waals surface area contributed by atoms with Gasteiger partial charge in [-0.3, -0.25) is 4.79 Å². The molecule has 1 amide bonds. The Morgan fingerprint density at radius 2 is 2.33 bits per heavy atom. The van der Waals surface area contributed by atoms with Crippen molar-refractivity contribution in [3.8, 4) is 0 Å². The average Bonchev–Trinajstić information content (AvgIpc) is 2.01. The Morgan fingerprint density at radius 3 is 2.83 bits per heavy atom. The molecule has 0 aromatic heterocycles. The molecule has 0 saturated heterocycles. The summed E-state index contributed by atoms with van der Waals surface area (Å²) in [4.78, 5) is 12.9. The number of nitrogens with two attached hydrogens (primary N) is 1. The highest BCUT2D eigenvalue weighted by Crippen LogP contribution is 1.78. The van der Waals surface area contributed by atoms with Crippen LogP contribution in [0.5, 0.6) is 0 Å². The van der Waals surface area contributed by atoms with Crippen LogP contribution in [0.3, 0.4) is 0 Å². The van der Waals surface area contributed by atoms with E-state index >= 15 is 0 Å². The predicted molar refractivity (Wildman–Crippen MR) is 56.0 cm³/mol. The highest BCUT2D eigenvalue weighted by atomic mass is 32.1. The van der Waals surface area contributed by atoms with Gasteiger partial charge in [0.2, 0.25) is 5.91 Å². The molecule has 0 radical (unpaired) electrons. The van der Waals surface area contributed by atoms with Gasteiger partial charge in [0, 0.05) is 18.8 Å². The maximum atomic E-state index is 11.1. The molecule has 4 nitrogen and oxygen atoms in total. The van der Waals surface area contributed by atoms with E-state index in [1.807, 2.05) is 12.8 Å². The summed E-state index contributed by atoms with van der Waals surface area (Å²) in [5.74, 6) is 0.701. The van der Waals surface area contributed by atoms with Gasteiger partial charge in [-0.05, 0) is 6.54 Å². The molecule has 0 aromatic carbocycles. The summed E-state index contributed by atoms with van der Waals surface area (Å²) in [6.45, 7) is 2.36. The number of hydrogen-bond donors (Lipinski definition) is 3. The predicted octanol–water partition coefficient (Wildman–Crippen LogP) is -2.16. The molecule has 0 bridgehead atoms. The lowest BCUT2D eigenvalue weighted by Gasteiger charge is -2.14. The van der Waals surface area contributed by atoms with Crippen molar-refractivity contribution in [2.24, 2.45) is 5.73 Å². The lowest BCUT2D eigenvalue weighted by molar-refractivity contribution is -0.121. The lowest BCUT2D eigenvalue weighted by atomic mass is 10.3. The Kier molecular flexibility index (Phi) is 7.33. The van der Waals surface area contributed by atoms with Crippen molar-refractivity contribution >= 4 is 26.5 Å². The van der Waals surface area contributed by atoms with Crippen molar-refractivity contribution in [2.45, 2.75) is 0 Å². The molecule has 70 valence electrons. The van der Waals surface area contributed by atoms with Crippen molar-refractivity contribution in [2.75, 3.05) is 31.9 Å². The van der Waals surface area contributed by atoms with Crippen LogP contribution < -0.4 is 11.1 Å². The first-order chi connectivity index (χ1) is 5.70. The molecule has 0 rings (SSSR count). The zero-order valence-corrected chi connectivity index (χ0v) is 8.31. The molecule has 6 heteroatoms. The van der Waals surface area contributed by atoms with E-state index in [4.69, 9.17) is 5.73 Å². The molecule has 0 aliphatic rings. The fourth-order valence-electron chi connectivity index (χ4n) is 0.796. The molecule has 0 spiro atoms. The van der Waals surface area contributed by atoms with Gasteiger partial charge in [0.05, 0.1) is 6.54 Å². The second kappa shape index (κ2) is 7.45. The summed E-state index contributed by atoms with van der Waals surface area (Å²) in [5.41, 5.74) is 5.32. The van der Waals surface area contributed by atoms with E-state index in [2.05, 4.69) is 17.9 Å². The van der Waals surface area contributed by atoms with E-state index in [0.29, 0.717) is 25.4 Å². The van der Waals surface area contributed by atoms with E-state index in [1.54, 1.807) is 0 Å². The Bertz CT molecular complexity index is 136. The Labute approximate surface area is 79.7 Å². The minimum absolute atomic E-state index is 0.0278. The van der Waals surface area contributed by atoms with Gasteiger partial charge in [0.15, 0.2) is 7.98 Å². The van der Waals surface area contributed by atoms with Gasteiger partial charge >= 0.3 is 0 Å². The first-order valence-electron chi connectivity index (χ1n) is 3.97. The Balaban J connectivity index is 3.40. The molecular formula is C6H16BN3OS. The molecule has 0 aliphatic carbocycles. The molecule has 3 N–H and O–H groups in total. The molecule has 0 atom stereocenters. The first kappa shape index (κ1) is 11.8. The highest BCUT2D eigenvalue weighted by Gasteiger charge is 2.03. The third kappa shape index (κ3) is 6.51. The summed E-state index contributed by atoms with van der Waals surface area (Å²) in [5, 5.41) is 2.72. The summed E-state index contributed by atoms with van der Waals surface area (Å²) < 4.78 is 0. The van der Waals surface area contributed by atoms with E-state index in [-0.39, 0.29) is 5.91 Å². The number of thiol groups is 1. The molecule has 0 saturated carbocycles. The average molecular weight is 189 g/mol. The van der Waals surface area contributed by atoms with Crippen molar-refractivity contribution in [3.63, 3.8) is 0 Å². The van der Waals surface area contributed by atoms with E-state index in [1.165, 1.54) is 0 Å². The molecule has 0 unspecified atom stereocenters. The first-order valence-corrected chi connectivity index (χ1v) is 4.60. The van der Waals surface area contributed by atoms with Crippen LogP contribution >= 0.6 is 12.6 Å². The van der Waals surface area contributed by atoms with Crippen LogP contribution in [0.15, 0.2) is 0 Å². The van der Waals surface area contributed by atoms with Crippen molar-refractivity contribution < 1.29 is 4.79 Å². The topological polar surface area (TPSA) is 58.4 Å². The van der Waals surface area contributed by atoms with Gasteiger partial charge in [0.1, 0.15) is 0 Å². The van der Waals surface area contributed by atoms with Gasteiger partial charge in [-0.2, -0.15) is 12.6 Å². The van der Waals surface area contributed by atoms with Gasteiger partial charge in [-0.1, -0.05) is 0 Å². The third-order valence-corrected chi connectivity index (χ3v) is 1.58. The van der Waals surface area contributed by atoms with Crippen LogP contribution in [-0.4, -0.2) is 50.6 Å². The zero-order valence-electron chi connectivity index (χ0n) is 7.42. The van der Waals surface area contributed by atoms with Crippen molar-refractivity contribution in [1.82, 2.24) is 10.1 Å². The summed E-state index contributed by atoms with van der Waals surface area (Å²) in [6.07, 6.45) is 0. The fourth-order valence-corrected chi connectivity index (χ4v) is 0.908. The minimum Gasteiger partial charge on any atom is -0.354 e. The zero-order chi connectivity index (χ0) is 9.40. The monoisotopic (exact) mass is 189 g/mol. The van der Waals surface area contributed by atoms with Crippen LogP contribution in [0, 0.1) is 0 Å². The van der Waals surface area contributed by atoms with E-state index in [9.17, 15) is 4.79 Å². The SMILES string of the molecule is BN(CCN)CC(=O)NCCS. The number of nitrogens with one attached hydrogen (secondary N) is 1. The Hall–Kier alpha value is -0.195. The second-order valence-corrected chi connectivity index (χ2v) is 3.05. The van der Waals surface area contributed by atoms with E-state index in [0.717, 1.165) is 6.54 Å². The summed E-state index contributed by atoms with van der Waals surface area (Å²) >= 11 is 3.98. The van der Waals surface area contributed by atoms with Gasteiger partial charge in [-0.25, -0.2) is 0 Å². The van der Waals surface area contributed by atoms with Crippen molar-refractivity contribution in [3.05, 3.63) is 0 Å². The number of carbonyl (C=O) groups is 1. The van der Waals surface area contributed by atoms with Crippen LogP contribution in [0.25, 0.3) is 0 Å². The van der Waals surface area contributed by atoms with Gasteiger partial charge in [-0.15, -0.1) is 0 Å². The Morgan fingerprint density at radius 1 is 1.67 bits per heavy atom. The largest absolute Gasteiger partial charge is 0.354 e. The number of rotatable bonds is 6. The summed E-state index contributed by atoms with van der Waals surface area (Å²) in [7, 11) is 1.87. The third-order valence-electron chi connectivity index (χ3n) is 1.36. The van der Waals surface area contributed by atoms with Crippen LogP contribution in [-0.2, 0) is 4.79 Å². The standard InChI is InChI=1S/C6H16BN3OS/c7-10(3-1-8)5-6(11)9-2-4-12/h12H,1-5,7-8H2,(H,9,11). The maximum absolute atomic E-state index is 11.1. The normalized spacial score (nSPS) is 10.2. The molecule has 0 heterocycles. The molecular weight excluding hydrogens is 173 g/mol. The number of carbonyl (C=O) groups excluding carboxylic acids is 1. The van der Waals surface area contributed by atoms with Gasteiger partial charge < -0.3 is 15.9 Å². The lowest BCUT2D eigenvalue weighted by Crippen LogP contribution is -2.38. The molecule has 0 fully saturated rings. The number of amides is 1. The second-order valence-electron chi connectivity index (χ2n) is 2.60. The highest BCUT2D eigenvalue weighted by molar-refractivity contribution is 7.80. The molecule has 0 aromatic rings.